The first-order valence-corrected chi connectivity index (χ1v) is 29.5. The summed E-state index contributed by atoms with van der Waals surface area (Å²) < 4.78 is 16.8. The smallest absolute Gasteiger partial charge is 0.306 e. The van der Waals surface area contributed by atoms with Gasteiger partial charge in [-0.25, -0.2) is 0 Å². The quantitative estimate of drug-likeness (QED) is 0.0261. The molecular formula is C66H108O6. The molecule has 1 unspecified atom stereocenters. The van der Waals surface area contributed by atoms with Crippen molar-refractivity contribution in [1.82, 2.24) is 0 Å². The molecular weight excluding hydrogens is 889 g/mol. The van der Waals surface area contributed by atoms with Gasteiger partial charge in [0.1, 0.15) is 13.2 Å². The molecule has 0 rings (SSSR count). The third kappa shape index (κ3) is 56.7. The summed E-state index contributed by atoms with van der Waals surface area (Å²) in [4.78, 5) is 38.0. The highest BCUT2D eigenvalue weighted by Gasteiger charge is 2.19. The van der Waals surface area contributed by atoms with Crippen LogP contribution in [0.5, 0.6) is 0 Å². The van der Waals surface area contributed by atoms with E-state index in [1.165, 1.54) is 83.5 Å². The lowest BCUT2D eigenvalue weighted by atomic mass is 10.1. The Kier molecular flexibility index (Phi) is 55.9. The summed E-state index contributed by atoms with van der Waals surface area (Å²) in [5.41, 5.74) is 0. The molecule has 0 bridgehead atoms. The lowest BCUT2D eigenvalue weighted by Gasteiger charge is -2.18. The Morgan fingerprint density at radius 2 is 0.542 bits per heavy atom. The van der Waals surface area contributed by atoms with Crippen molar-refractivity contribution in [1.29, 1.82) is 0 Å². The summed E-state index contributed by atoms with van der Waals surface area (Å²) in [6, 6.07) is 0. The molecule has 72 heavy (non-hydrogen) atoms. The Morgan fingerprint density at radius 3 is 0.875 bits per heavy atom. The Labute approximate surface area is 443 Å². The molecule has 6 nitrogen and oxygen atoms in total. The summed E-state index contributed by atoms with van der Waals surface area (Å²) in [6.45, 7) is 6.45. The van der Waals surface area contributed by atoms with Gasteiger partial charge >= 0.3 is 17.9 Å². The van der Waals surface area contributed by atoms with Crippen LogP contribution in [0.4, 0.5) is 0 Å². The highest BCUT2D eigenvalue weighted by atomic mass is 16.6. The first-order chi connectivity index (χ1) is 35.5. The van der Waals surface area contributed by atoms with Crippen molar-refractivity contribution >= 4 is 17.9 Å². The molecule has 0 fully saturated rings. The molecule has 0 spiro atoms. The molecule has 0 N–H and O–H groups in total. The maximum absolute atomic E-state index is 12.8. The number of esters is 3. The van der Waals surface area contributed by atoms with Gasteiger partial charge in [0.2, 0.25) is 0 Å². The Morgan fingerprint density at radius 1 is 0.292 bits per heavy atom. The number of hydrogen-bond acceptors (Lipinski definition) is 6. The number of allylic oxidation sites excluding steroid dienone is 20. The number of ether oxygens (including phenoxy) is 3. The molecule has 6 heteroatoms. The van der Waals surface area contributed by atoms with E-state index < -0.39 is 6.10 Å². The van der Waals surface area contributed by atoms with Gasteiger partial charge in [-0.1, -0.05) is 245 Å². The van der Waals surface area contributed by atoms with Crippen LogP contribution in [0, 0.1) is 0 Å². The maximum atomic E-state index is 12.8. The van der Waals surface area contributed by atoms with Gasteiger partial charge < -0.3 is 14.2 Å². The van der Waals surface area contributed by atoms with Crippen LogP contribution in [0.15, 0.2) is 122 Å². The van der Waals surface area contributed by atoms with E-state index in [0.29, 0.717) is 19.3 Å². The van der Waals surface area contributed by atoms with Crippen molar-refractivity contribution in [2.45, 2.75) is 264 Å². The molecule has 0 aromatic carbocycles. The molecule has 0 saturated heterocycles. The van der Waals surface area contributed by atoms with Crippen LogP contribution < -0.4 is 0 Å². The van der Waals surface area contributed by atoms with Crippen LogP contribution in [0.25, 0.3) is 0 Å². The fraction of sp³-hybridized carbons (Fsp3) is 0.652. The van der Waals surface area contributed by atoms with Gasteiger partial charge in [0.15, 0.2) is 6.10 Å². The summed E-state index contributed by atoms with van der Waals surface area (Å²) in [7, 11) is 0. The number of carbonyl (C=O) groups is 3. The average Bonchev–Trinajstić information content (AvgIpc) is 3.38. The van der Waals surface area contributed by atoms with Crippen molar-refractivity contribution < 1.29 is 28.6 Å². The van der Waals surface area contributed by atoms with Gasteiger partial charge in [0.25, 0.3) is 0 Å². The van der Waals surface area contributed by atoms with Crippen LogP contribution in [-0.4, -0.2) is 37.2 Å². The number of rotatable bonds is 52. The molecule has 0 aromatic rings. The Balaban J connectivity index is 4.30. The third-order valence-corrected chi connectivity index (χ3v) is 12.2. The van der Waals surface area contributed by atoms with Gasteiger partial charge in [-0.15, -0.1) is 0 Å². The van der Waals surface area contributed by atoms with Crippen LogP contribution >= 0.6 is 0 Å². The summed E-state index contributed by atoms with van der Waals surface area (Å²) in [6.07, 6.45) is 82.0. The minimum absolute atomic E-state index is 0.0924. The zero-order valence-corrected chi connectivity index (χ0v) is 46.7. The Bertz CT molecular complexity index is 1520. The maximum Gasteiger partial charge on any atom is 0.306 e. The lowest BCUT2D eigenvalue weighted by Crippen LogP contribution is -2.30. The van der Waals surface area contributed by atoms with Gasteiger partial charge in [-0.2, -0.15) is 0 Å². The van der Waals surface area contributed by atoms with E-state index in [2.05, 4.69) is 142 Å². The van der Waals surface area contributed by atoms with Crippen LogP contribution in [-0.2, 0) is 28.6 Å². The van der Waals surface area contributed by atoms with Crippen molar-refractivity contribution in [2.24, 2.45) is 0 Å². The van der Waals surface area contributed by atoms with Gasteiger partial charge in [0, 0.05) is 19.3 Å². The number of unbranched alkanes of at least 4 members (excludes halogenated alkanes) is 21. The molecule has 0 aliphatic heterocycles. The summed E-state index contributed by atoms with van der Waals surface area (Å²) >= 11 is 0. The minimum Gasteiger partial charge on any atom is -0.462 e. The minimum atomic E-state index is -0.796. The second kappa shape index (κ2) is 59.4. The van der Waals surface area contributed by atoms with E-state index in [-0.39, 0.29) is 31.1 Å². The molecule has 0 radical (unpaired) electrons. The van der Waals surface area contributed by atoms with E-state index in [0.717, 1.165) is 135 Å². The monoisotopic (exact) mass is 997 g/mol. The van der Waals surface area contributed by atoms with E-state index in [9.17, 15) is 14.4 Å². The van der Waals surface area contributed by atoms with Crippen LogP contribution in [0.3, 0.4) is 0 Å². The molecule has 408 valence electrons. The highest BCUT2D eigenvalue weighted by Crippen LogP contribution is 2.14. The number of hydrogen-bond donors (Lipinski definition) is 0. The van der Waals surface area contributed by atoms with Crippen LogP contribution in [0.1, 0.15) is 258 Å². The average molecular weight is 998 g/mol. The molecule has 0 heterocycles. The molecule has 0 amide bonds. The van der Waals surface area contributed by atoms with E-state index in [1.807, 2.05) is 0 Å². The standard InChI is InChI=1S/C66H108O6/c1-4-7-10-13-16-19-21-23-25-26-27-28-29-30-31-32-33-34-35-36-37-38-39-40-41-43-44-47-50-53-56-59-65(68)71-62-63(61-70-64(67)58-55-52-49-46-18-15-12-9-6-3)72-66(69)60-57-54-51-48-45-42-24-22-20-17-14-11-8-5-2/h7,10,16,19,22-25,27-28,30-31,33-34,36-37,39-40,43-44,63H,4-6,8-9,11-15,17-18,20-21,26,29,32,35,38,41-42,45-62H2,1-3H3/b10-7-,19-16-,24-22-,25-23-,28-27-,31-30-,34-33-,37-36-,40-39-,44-43-. The number of carbonyl (C=O) groups excluding carboxylic acids is 3. The second-order valence-electron chi connectivity index (χ2n) is 19.2. The summed E-state index contributed by atoms with van der Waals surface area (Å²) in [5.74, 6) is -0.940. The van der Waals surface area contributed by atoms with E-state index in [1.54, 1.807) is 0 Å². The predicted molar refractivity (Wildman–Crippen MR) is 311 cm³/mol. The summed E-state index contributed by atoms with van der Waals surface area (Å²) in [5, 5.41) is 0. The predicted octanol–water partition coefficient (Wildman–Crippen LogP) is 20.0. The topological polar surface area (TPSA) is 78.9 Å². The molecule has 1 atom stereocenters. The van der Waals surface area contributed by atoms with E-state index in [4.69, 9.17) is 14.2 Å². The van der Waals surface area contributed by atoms with E-state index >= 15 is 0 Å². The van der Waals surface area contributed by atoms with Gasteiger partial charge in [-0.05, 0) is 116 Å². The molecule has 0 saturated carbocycles. The third-order valence-electron chi connectivity index (χ3n) is 12.2. The molecule has 0 aromatic heterocycles. The first-order valence-electron chi connectivity index (χ1n) is 29.5. The SMILES string of the molecule is CC/C=C\C/C=C\C/C=C\C/C=C\C/C=C\C/C=C\C/C=C\C/C=C\C/C=C\CCCCCC(=O)OCC(COC(=O)CCCCCCCCCCC)OC(=O)CCCCCCC/C=C\CCCCCCC. The second-order valence-corrected chi connectivity index (χ2v) is 19.2. The fourth-order valence-corrected chi connectivity index (χ4v) is 7.78. The lowest BCUT2D eigenvalue weighted by molar-refractivity contribution is -0.167. The first kappa shape index (κ1) is 67.8. The van der Waals surface area contributed by atoms with Gasteiger partial charge in [0.05, 0.1) is 0 Å². The van der Waals surface area contributed by atoms with Crippen LogP contribution in [0.2, 0.25) is 0 Å². The van der Waals surface area contributed by atoms with Crippen molar-refractivity contribution in [3.8, 4) is 0 Å². The Hall–Kier alpha value is -4.19. The van der Waals surface area contributed by atoms with Crippen molar-refractivity contribution in [3.05, 3.63) is 122 Å². The zero-order valence-electron chi connectivity index (χ0n) is 46.7. The fourth-order valence-electron chi connectivity index (χ4n) is 7.78. The molecule has 0 aliphatic carbocycles. The molecule has 0 aliphatic rings. The van der Waals surface area contributed by atoms with Crippen molar-refractivity contribution in [3.63, 3.8) is 0 Å². The van der Waals surface area contributed by atoms with Crippen molar-refractivity contribution in [2.75, 3.05) is 13.2 Å². The van der Waals surface area contributed by atoms with Gasteiger partial charge in [-0.3, -0.25) is 14.4 Å². The normalized spacial score (nSPS) is 13.0. The highest BCUT2D eigenvalue weighted by molar-refractivity contribution is 5.71. The largest absolute Gasteiger partial charge is 0.462 e. The zero-order chi connectivity index (χ0) is 52.2.